The molecule has 0 amide bonds. The summed E-state index contributed by atoms with van der Waals surface area (Å²) >= 11 is 0. The smallest absolute Gasteiger partial charge is 0.235 e. The predicted octanol–water partition coefficient (Wildman–Crippen LogP) is 16.3. The maximum absolute atomic E-state index is 5.33. The molecule has 306 valence electrons. The van der Waals surface area contributed by atoms with Crippen LogP contribution in [-0.4, -0.2) is 26.1 Å². The molecular weight excluding hydrogens is 783 g/mol. The summed E-state index contributed by atoms with van der Waals surface area (Å²) in [7, 11) is -3.96. The maximum atomic E-state index is 5.33. The van der Waals surface area contributed by atoms with E-state index in [9.17, 15) is 0 Å². The number of fused-ring (bicyclic) bond motifs is 8. The molecule has 1 aliphatic rings. The molecule has 0 aliphatic heterocycles. The third-order valence-corrected chi connectivity index (χ3v) is 29.1. The molecule has 1 unspecified atom stereocenters. The zero-order chi connectivity index (χ0) is 42.6. The molecule has 3 nitrogen and oxygen atoms in total. The van der Waals surface area contributed by atoms with Crippen molar-refractivity contribution in [2.24, 2.45) is 0 Å². The molecule has 8 aromatic carbocycles. The normalized spacial score (nSPS) is 14.9. The van der Waals surface area contributed by atoms with Gasteiger partial charge < -0.3 is 0 Å². The Morgan fingerprint density at radius 2 is 1.06 bits per heavy atom. The number of hydrogen-bond donors (Lipinski definition) is 0. The van der Waals surface area contributed by atoms with Gasteiger partial charge in [-0.1, -0.05) is 204 Å². The highest BCUT2D eigenvalue weighted by molar-refractivity contribution is 7.02. The molecule has 62 heavy (non-hydrogen) atoms. The van der Waals surface area contributed by atoms with Crippen molar-refractivity contribution in [2.75, 3.05) is 4.90 Å². The largest absolute Gasteiger partial charge is 0.279 e. The molecule has 1 aromatic heterocycles. The van der Waals surface area contributed by atoms with Crippen LogP contribution in [0.3, 0.4) is 0 Å². The van der Waals surface area contributed by atoms with E-state index >= 15 is 0 Å². The van der Waals surface area contributed by atoms with E-state index < -0.39 is 16.1 Å². The van der Waals surface area contributed by atoms with Crippen LogP contribution in [0.5, 0.6) is 0 Å². The summed E-state index contributed by atoms with van der Waals surface area (Å²) in [4.78, 5) is 12.8. The Morgan fingerprint density at radius 1 is 0.484 bits per heavy atom. The van der Waals surface area contributed by atoms with E-state index in [1.807, 2.05) is 0 Å². The Balaban J connectivity index is 1.21. The maximum Gasteiger partial charge on any atom is 0.235 e. The number of para-hydroxylation sites is 2. The molecule has 10 rings (SSSR count). The van der Waals surface area contributed by atoms with E-state index in [-0.39, 0.29) is 4.66 Å². The lowest BCUT2D eigenvalue weighted by molar-refractivity contribution is 0.888. The first-order valence-electron chi connectivity index (χ1n) is 22.7. The minimum Gasteiger partial charge on any atom is -0.279 e. The molecule has 0 saturated carbocycles. The van der Waals surface area contributed by atoms with Crippen molar-refractivity contribution in [3.8, 4) is 33.5 Å². The van der Waals surface area contributed by atoms with Crippen molar-refractivity contribution in [1.82, 2.24) is 9.97 Å². The average Bonchev–Trinajstić information content (AvgIpc) is 3.65. The van der Waals surface area contributed by atoms with Gasteiger partial charge in [0.1, 0.15) is 0 Å². The molecular formula is C57H55N3Si2. The molecule has 5 heteroatoms. The van der Waals surface area contributed by atoms with Crippen molar-refractivity contribution in [3.63, 3.8) is 0 Å². The van der Waals surface area contributed by atoms with Crippen LogP contribution in [0.15, 0.2) is 176 Å². The number of aromatic nitrogens is 2. The van der Waals surface area contributed by atoms with Crippen LogP contribution in [0.25, 0.3) is 66.0 Å². The fraction of sp³-hybridized carbons (Fsp3) is 0.193. The predicted molar refractivity (Wildman–Crippen MR) is 271 cm³/mol. The summed E-state index contributed by atoms with van der Waals surface area (Å²) in [5.74, 6) is 0.641. The van der Waals surface area contributed by atoms with Gasteiger partial charge in [-0.25, -0.2) is 9.97 Å². The monoisotopic (exact) mass is 837 g/mol. The van der Waals surface area contributed by atoms with E-state index in [1.165, 1.54) is 68.0 Å². The Morgan fingerprint density at radius 3 is 1.74 bits per heavy atom. The van der Waals surface area contributed by atoms with E-state index in [2.05, 4.69) is 222 Å². The first-order valence-corrected chi connectivity index (χ1v) is 28.5. The fourth-order valence-corrected chi connectivity index (χ4v) is 26.7. The lowest BCUT2D eigenvalue weighted by atomic mass is 9.90. The molecule has 1 atom stereocenters. The van der Waals surface area contributed by atoms with Gasteiger partial charge in [0.25, 0.3) is 0 Å². The van der Waals surface area contributed by atoms with Gasteiger partial charge in [0.05, 0.1) is 27.4 Å². The quantitative estimate of drug-likeness (QED) is 0.122. The standard InChI is InChI=1S/C57H55N3Si2/c1-7-61(5,6)57(62(8-2,9-3)10-4)51-38-35-40-23-17-18-28-45(40)53(51)50-39-49(46-29-19-20-30-47(46)54(50)57)41-33-36-44(37-34-41)60(43-26-15-12-16-27-43)56-58-52-32-22-21-31-48(52)55(59-56)42-24-13-11-14-25-42/h11-39H,7-10H2,1-6H3. The van der Waals surface area contributed by atoms with Gasteiger partial charge in [0.15, 0.2) is 0 Å². The Labute approximate surface area is 369 Å². The minimum absolute atomic E-state index is 0.0678. The highest BCUT2D eigenvalue weighted by Gasteiger charge is 2.64. The second kappa shape index (κ2) is 15.6. The van der Waals surface area contributed by atoms with Crippen LogP contribution in [-0.2, 0) is 4.66 Å². The summed E-state index contributed by atoms with van der Waals surface area (Å²) in [6.07, 6.45) is 0. The van der Waals surface area contributed by atoms with Gasteiger partial charge >= 0.3 is 0 Å². The summed E-state index contributed by atoms with van der Waals surface area (Å²) in [5.41, 5.74) is 13.6. The highest BCUT2D eigenvalue weighted by atomic mass is 28.4. The van der Waals surface area contributed by atoms with Crippen molar-refractivity contribution >= 4 is 65.9 Å². The van der Waals surface area contributed by atoms with Crippen molar-refractivity contribution in [2.45, 2.75) is 69.6 Å². The van der Waals surface area contributed by atoms with E-state index in [0.29, 0.717) is 5.95 Å². The Bertz CT molecular complexity index is 3090. The third-order valence-electron chi connectivity index (χ3n) is 15.0. The molecule has 0 N–H and O–H groups in total. The average molecular weight is 838 g/mol. The third kappa shape index (κ3) is 5.89. The van der Waals surface area contributed by atoms with Gasteiger partial charge in [-0.3, -0.25) is 4.90 Å². The molecule has 0 bridgehead atoms. The number of anilines is 3. The van der Waals surface area contributed by atoms with Gasteiger partial charge in [-0.05, 0) is 91.3 Å². The number of benzene rings is 8. The molecule has 1 aliphatic carbocycles. The van der Waals surface area contributed by atoms with Crippen molar-refractivity contribution < 1.29 is 0 Å². The van der Waals surface area contributed by atoms with E-state index in [0.717, 1.165) is 33.5 Å². The first-order chi connectivity index (χ1) is 30.3. The topological polar surface area (TPSA) is 29.0 Å². The van der Waals surface area contributed by atoms with Gasteiger partial charge in [-0.15, -0.1) is 0 Å². The molecule has 0 saturated heterocycles. The van der Waals surface area contributed by atoms with Crippen LogP contribution in [0.1, 0.15) is 38.8 Å². The summed E-state index contributed by atoms with van der Waals surface area (Å²) in [6.45, 7) is 15.5. The van der Waals surface area contributed by atoms with Gasteiger partial charge in [0, 0.05) is 27.0 Å². The zero-order valence-electron chi connectivity index (χ0n) is 36.9. The molecule has 1 heterocycles. The highest BCUT2D eigenvalue weighted by Crippen LogP contribution is 2.64. The van der Waals surface area contributed by atoms with Crippen LogP contribution in [0, 0.1) is 0 Å². The molecule has 9 aromatic rings. The van der Waals surface area contributed by atoms with Crippen LogP contribution >= 0.6 is 0 Å². The summed E-state index contributed by atoms with van der Waals surface area (Å²) in [5, 5.41) is 6.54. The van der Waals surface area contributed by atoms with Crippen molar-refractivity contribution in [3.05, 3.63) is 187 Å². The molecule has 0 fully saturated rings. The van der Waals surface area contributed by atoms with Gasteiger partial charge in [0.2, 0.25) is 5.95 Å². The van der Waals surface area contributed by atoms with Crippen molar-refractivity contribution in [1.29, 1.82) is 0 Å². The number of hydrogen-bond acceptors (Lipinski definition) is 3. The summed E-state index contributed by atoms with van der Waals surface area (Å²) < 4.78 is 0.0678. The molecule has 0 spiro atoms. The number of rotatable bonds is 11. The van der Waals surface area contributed by atoms with Gasteiger partial charge in [-0.2, -0.15) is 0 Å². The Kier molecular flexibility index (Phi) is 10.1. The lowest BCUT2D eigenvalue weighted by Gasteiger charge is -2.56. The molecule has 0 radical (unpaired) electrons. The van der Waals surface area contributed by atoms with Crippen LogP contribution in [0.4, 0.5) is 17.3 Å². The first kappa shape index (κ1) is 40.0. The van der Waals surface area contributed by atoms with Crippen LogP contribution in [0.2, 0.25) is 37.3 Å². The summed E-state index contributed by atoms with van der Waals surface area (Å²) in [6, 6.07) is 69.7. The lowest BCUT2D eigenvalue weighted by Crippen LogP contribution is -2.67. The zero-order valence-corrected chi connectivity index (χ0v) is 38.9. The second-order valence-corrected chi connectivity index (χ2v) is 29.1. The second-order valence-electron chi connectivity index (χ2n) is 17.9. The number of nitrogens with zero attached hydrogens (tertiary/aromatic N) is 3. The van der Waals surface area contributed by atoms with Crippen LogP contribution < -0.4 is 4.90 Å². The van der Waals surface area contributed by atoms with E-state index in [1.54, 1.807) is 11.1 Å². The SMILES string of the molecule is CC[Si](C)(C)C1([Si](CC)(CC)CC)c2ccc3ccccc3c2-c2cc(-c3ccc(N(c4ccccc4)c4nc(-c5ccccc5)c5ccccc5n4)cc3)c3ccccc3c21. The Hall–Kier alpha value is -6.15. The fourth-order valence-electron chi connectivity index (χ4n) is 11.7. The van der Waals surface area contributed by atoms with E-state index in [4.69, 9.17) is 9.97 Å². The minimum atomic E-state index is -1.98.